The Bertz CT molecular complexity index is 1440. The number of carbonyl (C=O) groups is 2. The molecular weight excluding hydrogens is 530 g/mol. The van der Waals surface area contributed by atoms with Crippen molar-refractivity contribution in [1.82, 2.24) is 5.32 Å². The maximum Gasteiger partial charge on any atom is 0.326 e. The summed E-state index contributed by atoms with van der Waals surface area (Å²) < 4.78 is 28.6. The molecule has 0 fully saturated rings. The number of guanidine groups is 1. The molecule has 0 aliphatic rings. The van der Waals surface area contributed by atoms with Gasteiger partial charge in [0.25, 0.3) is 15.9 Å². The number of thiophene rings is 1. The van der Waals surface area contributed by atoms with Gasteiger partial charge in [-0.05, 0) is 59.7 Å². The van der Waals surface area contributed by atoms with E-state index in [0.717, 1.165) is 16.9 Å². The summed E-state index contributed by atoms with van der Waals surface area (Å²) in [6, 6.07) is 13.0. The third-order valence-corrected chi connectivity index (χ3v) is 7.47. The number of carbonyl (C=O) groups excluding carboxylic acids is 1. The molecule has 0 spiro atoms. The number of carboxylic acids is 1. The highest BCUT2D eigenvalue weighted by Gasteiger charge is 2.24. The predicted octanol–water partition coefficient (Wildman–Crippen LogP) is 2.66. The number of aliphatic carboxylic acids is 1. The molecule has 0 aliphatic carbocycles. The van der Waals surface area contributed by atoms with Crippen LogP contribution in [0.2, 0.25) is 0 Å². The SMILES string of the molecule is NC(N)=NCCC[C@H](NC(=O)c1sccc1NS(=O)(=O)c1cccc(C=Cc2ccc(O)cc2)c1)C(=O)O. The lowest BCUT2D eigenvalue weighted by molar-refractivity contribution is -0.139. The van der Waals surface area contributed by atoms with Crippen LogP contribution in [0, 0.1) is 0 Å². The van der Waals surface area contributed by atoms with Gasteiger partial charge in [0.2, 0.25) is 0 Å². The van der Waals surface area contributed by atoms with Gasteiger partial charge in [0, 0.05) is 6.54 Å². The molecule has 0 radical (unpaired) electrons. The zero-order valence-electron chi connectivity index (χ0n) is 20.1. The van der Waals surface area contributed by atoms with Crippen molar-refractivity contribution in [2.45, 2.75) is 23.8 Å². The van der Waals surface area contributed by atoms with Crippen LogP contribution in [0.3, 0.4) is 0 Å². The predicted molar refractivity (Wildman–Crippen MR) is 147 cm³/mol. The minimum absolute atomic E-state index is 0.0208. The van der Waals surface area contributed by atoms with Crippen molar-refractivity contribution in [2.75, 3.05) is 11.3 Å². The maximum atomic E-state index is 13.1. The summed E-state index contributed by atoms with van der Waals surface area (Å²) in [5.41, 5.74) is 12.0. The molecule has 1 atom stereocenters. The van der Waals surface area contributed by atoms with E-state index in [9.17, 15) is 28.2 Å². The van der Waals surface area contributed by atoms with Crippen LogP contribution in [0.4, 0.5) is 5.69 Å². The third kappa shape index (κ3) is 8.08. The van der Waals surface area contributed by atoms with Gasteiger partial charge in [-0.3, -0.25) is 14.5 Å². The Morgan fingerprint density at radius 1 is 1.05 bits per heavy atom. The lowest BCUT2D eigenvalue weighted by Gasteiger charge is -2.15. The maximum absolute atomic E-state index is 13.1. The number of nitrogens with two attached hydrogens (primary N) is 2. The van der Waals surface area contributed by atoms with Gasteiger partial charge in [0.05, 0.1) is 10.6 Å². The lowest BCUT2D eigenvalue weighted by atomic mass is 10.1. The van der Waals surface area contributed by atoms with E-state index < -0.39 is 27.9 Å². The number of phenolic OH excluding ortho intramolecular Hbond substituents is 1. The van der Waals surface area contributed by atoms with Gasteiger partial charge >= 0.3 is 5.97 Å². The zero-order valence-corrected chi connectivity index (χ0v) is 21.7. The Balaban J connectivity index is 1.71. The standard InChI is InChI=1S/C25H27N5O6S2/c26-25(27)28-13-2-5-21(24(33)34)29-23(32)22-20(12-14-37-22)30-38(35,36)19-4-1-3-17(15-19)7-6-16-8-10-18(31)11-9-16/h1,3-4,6-12,14-15,21,30-31H,2,5,13H2,(H,29,32)(H,33,34)(H4,26,27,28)/t21-/m0/s1. The van der Waals surface area contributed by atoms with Crippen LogP contribution in [0.5, 0.6) is 5.75 Å². The summed E-state index contributed by atoms with van der Waals surface area (Å²) in [6.07, 6.45) is 3.90. The highest BCUT2D eigenvalue weighted by atomic mass is 32.2. The number of benzene rings is 2. The Morgan fingerprint density at radius 3 is 2.45 bits per heavy atom. The monoisotopic (exact) mass is 557 g/mol. The summed E-state index contributed by atoms with van der Waals surface area (Å²) in [6.45, 7) is 0.204. The van der Waals surface area contributed by atoms with E-state index in [-0.39, 0.29) is 40.1 Å². The summed E-state index contributed by atoms with van der Waals surface area (Å²) in [5.74, 6) is -1.93. The van der Waals surface area contributed by atoms with E-state index in [1.54, 1.807) is 48.6 Å². The number of anilines is 1. The Morgan fingerprint density at radius 2 is 1.76 bits per heavy atom. The molecule has 200 valence electrons. The summed E-state index contributed by atoms with van der Waals surface area (Å²) in [4.78, 5) is 28.2. The normalized spacial score (nSPS) is 12.1. The minimum atomic E-state index is -4.07. The van der Waals surface area contributed by atoms with Gasteiger partial charge in [0.15, 0.2) is 5.96 Å². The smallest absolute Gasteiger partial charge is 0.326 e. The fourth-order valence-electron chi connectivity index (χ4n) is 3.32. The first kappa shape index (κ1) is 28.2. The number of hydrogen-bond donors (Lipinski definition) is 6. The van der Waals surface area contributed by atoms with Crippen LogP contribution in [-0.2, 0) is 14.8 Å². The molecule has 38 heavy (non-hydrogen) atoms. The van der Waals surface area contributed by atoms with Crippen LogP contribution in [-0.4, -0.2) is 49.1 Å². The number of carboxylic acid groups (broad SMARTS) is 1. The van der Waals surface area contributed by atoms with Crippen molar-refractivity contribution in [3.8, 4) is 5.75 Å². The Labute approximate surface area is 223 Å². The fraction of sp³-hybridized carbons (Fsp3) is 0.160. The number of sulfonamides is 1. The summed E-state index contributed by atoms with van der Waals surface area (Å²) in [5, 5.41) is 22.8. The van der Waals surface area contributed by atoms with Crippen molar-refractivity contribution in [3.05, 3.63) is 76.0 Å². The summed E-state index contributed by atoms with van der Waals surface area (Å²) in [7, 11) is -4.07. The number of nitrogens with one attached hydrogen (secondary N) is 2. The van der Waals surface area contributed by atoms with Gasteiger partial charge in [-0.2, -0.15) is 0 Å². The van der Waals surface area contributed by atoms with Crippen molar-refractivity contribution in [2.24, 2.45) is 16.5 Å². The van der Waals surface area contributed by atoms with E-state index in [4.69, 9.17) is 11.5 Å². The zero-order chi connectivity index (χ0) is 27.7. The molecule has 0 aliphatic heterocycles. The highest BCUT2D eigenvalue weighted by molar-refractivity contribution is 7.92. The number of phenols is 1. The lowest BCUT2D eigenvalue weighted by Crippen LogP contribution is -2.40. The van der Waals surface area contributed by atoms with Gasteiger partial charge < -0.3 is 27.0 Å². The molecule has 3 rings (SSSR count). The molecule has 11 nitrogen and oxygen atoms in total. The average molecular weight is 558 g/mol. The van der Waals surface area contributed by atoms with Crippen LogP contribution in [0.15, 0.2) is 69.9 Å². The molecule has 13 heteroatoms. The number of amides is 1. The minimum Gasteiger partial charge on any atom is -0.508 e. The van der Waals surface area contributed by atoms with Crippen molar-refractivity contribution < 1.29 is 28.2 Å². The highest BCUT2D eigenvalue weighted by Crippen LogP contribution is 2.26. The average Bonchev–Trinajstić information content (AvgIpc) is 3.33. The first-order chi connectivity index (χ1) is 18.0. The molecule has 1 aromatic heterocycles. The van der Waals surface area contributed by atoms with Crippen LogP contribution < -0.4 is 21.5 Å². The molecular formula is C25H27N5O6S2. The van der Waals surface area contributed by atoms with E-state index >= 15 is 0 Å². The molecule has 3 aromatic rings. The molecule has 1 amide bonds. The number of nitrogens with zero attached hydrogens (tertiary/aromatic N) is 1. The molecule has 1 heterocycles. The van der Waals surface area contributed by atoms with Crippen molar-refractivity contribution >= 4 is 57.0 Å². The van der Waals surface area contributed by atoms with Crippen LogP contribution >= 0.6 is 11.3 Å². The van der Waals surface area contributed by atoms with Crippen LogP contribution in [0.1, 0.15) is 33.6 Å². The van der Waals surface area contributed by atoms with Crippen LogP contribution in [0.25, 0.3) is 12.2 Å². The van der Waals surface area contributed by atoms with E-state index in [1.165, 1.54) is 23.6 Å². The quantitative estimate of drug-likeness (QED) is 0.0845. The van der Waals surface area contributed by atoms with Crippen molar-refractivity contribution in [3.63, 3.8) is 0 Å². The topological polar surface area (TPSA) is 197 Å². The molecule has 8 N–H and O–H groups in total. The van der Waals surface area contributed by atoms with E-state index in [1.807, 2.05) is 0 Å². The third-order valence-electron chi connectivity index (χ3n) is 5.19. The first-order valence-electron chi connectivity index (χ1n) is 11.3. The second kappa shape index (κ2) is 12.7. The van der Waals surface area contributed by atoms with Gasteiger partial charge in [-0.15, -0.1) is 11.3 Å². The molecule has 0 unspecified atom stereocenters. The Kier molecular flexibility index (Phi) is 9.46. The first-order valence-corrected chi connectivity index (χ1v) is 13.7. The second-order valence-electron chi connectivity index (χ2n) is 8.08. The molecule has 0 saturated carbocycles. The van der Waals surface area contributed by atoms with Gasteiger partial charge in [0.1, 0.15) is 16.7 Å². The molecule has 0 bridgehead atoms. The number of aliphatic imine (C=N–C) groups is 1. The number of rotatable bonds is 12. The Hall–Kier alpha value is -4.36. The largest absolute Gasteiger partial charge is 0.508 e. The second-order valence-corrected chi connectivity index (χ2v) is 10.7. The van der Waals surface area contributed by atoms with Gasteiger partial charge in [-0.1, -0.05) is 36.4 Å². The van der Waals surface area contributed by atoms with E-state index in [2.05, 4.69) is 15.0 Å². The number of hydrogen-bond acceptors (Lipinski definition) is 7. The molecule has 0 saturated heterocycles. The molecule has 2 aromatic carbocycles. The van der Waals surface area contributed by atoms with Gasteiger partial charge in [-0.25, -0.2) is 13.2 Å². The van der Waals surface area contributed by atoms with Crippen molar-refractivity contribution in [1.29, 1.82) is 0 Å². The summed E-state index contributed by atoms with van der Waals surface area (Å²) >= 11 is 0.974. The number of aromatic hydroxyl groups is 1. The van der Waals surface area contributed by atoms with E-state index in [0.29, 0.717) is 12.0 Å². The fourth-order valence-corrected chi connectivity index (χ4v) is 5.26.